The van der Waals surface area contributed by atoms with Crippen LogP contribution in [0.25, 0.3) is 15.0 Å². The number of nitrogens with zero attached hydrogens (tertiary/aromatic N) is 1. The zero-order valence-corrected chi connectivity index (χ0v) is 18.9. The van der Waals surface area contributed by atoms with Crippen LogP contribution in [0.15, 0.2) is 84.3 Å². The van der Waals surface area contributed by atoms with Gasteiger partial charge in [-0.15, -0.1) is 0 Å². The Balaban J connectivity index is 1.32. The number of amides is 1. The molecule has 6 heteroatoms. The molecule has 0 unspecified atom stereocenters. The van der Waals surface area contributed by atoms with E-state index < -0.39 is 0 Å². The number of nitrogens with one attached hydrogen (secondary N) is 2. The highest BCUT2D eigenvalue weighted by Gasteiger charge is 2.10. The second-order valence-electron chi connectivity index (χ2n) is 7.08. The van der Waals surface area contributed by atoms with Gasteiger partial charge in [-0.2, -0.15) is 4.37 Å². The fraction of sp³-hybridized carbons (Fsp3) is 0.120. The molecule has 1 heterocycles. The van der Waals surface area contributed by atoms with Gasteiger partial charge in [0.25, 0.3) is 5.91 Å². The molecule has 3 aromatic carbocycles. The molecule has 0 bridgehead atoms. The third-order valence-corrected chi connectivity index (χ3v) is 6.84. The first kappa shape index (κ1) is 21.2. The summed E-state index contributed by atoms with van der Waals surface area (Å²) in [7, 11) is 0. The number of fused-ring (bicyclic) bond motifs is 1. The molecule has 0 saturated carbocycles. The summed E-state index contributed by atoms with van der Waals surface area (Å²) in [6, 6.07) is 23.9. The van der Waals surface area contributed by atoms with Gasteiger partial charge in [-0.1, -0.05) is 60.8 Å². The second-order valence-corrected chi connectivity index (χ2v) is 9.02. The molecular weight excluding hydrogens is 422 g/mol. The number of hydrogen-bond acceptors (Lipinski definition) is 5. The predicted octanol–water partition coefficient (Wildman–Crippen LogP) is 6.21. The molecule has 4 aromatic rings. The van der Waals surface area contributed by atoms with Crippen molar-refractivity contribution in [2.45, 2.75) is 11.8 Å². The Hall–Kier alpha value is -3.09. The van der Waals surface area contributed by atoms with Gasteiger partial charge in [-0.25, -0.2) is 0 Å². The van der Waals surface area contributed by atoms with E-state index in [9.17, 15) is 4.79 Å². The van der Waals surface area contributed by atoms with Gasteiger partial charge in [-0.3, -0.25) is 4.79 Å². The van der Waals surface area contributed by atoms with Crippen molar-refractivity contribution in [2.75, 3.05) is 18.4 Å². The van der Waals surface area contributed by atoms with Gasteiger partial charge in [-0.05, 0) is 59.9 Å². The standard InChI is InChI=1S/C25H23N3OS2/c1-17-8-3-5-12-22(17)30-18(2)19-9-7-10-20(16-19)25(29)27-15-14-26-24-21-11-4-6-13-23(21)31-28-24/h3-13,16H,2,14-15H2,1H3,(H,26,28)(H,27,29). The van der Waals surface area contributed by atoms with Crippen LogP contribution < -0.4 is 10.6 Å². The summed E-state index contributed by atoms with van der Waals surface area (Å²) in [6.45, 7) is 7.41. The predicted molar refractivity (Wildman–Crippen MR) is 133 cm³/mol. The Bertz CT molecular complexity index is 1230. The fourth-order valence-electron chi connectivity index (χ4n) is 3.17. The molecule has 0 aliphatic rings. The number of thioether (sulfide) groups is 1. The van der Waals surface area contributed by atoms with Gasteiger partial charge in [0.1, 0.15) is 5.82 Å². The maximum absolute atomic E-state index is 12.6. The molecule has 4 nitrogen and oxygen atoms in total. The van der Waals surface area contributed by atoms with E-state index in [1.165, 1.54) is 22.0 Å². The number of benzene rings is 3. The van der Waals surface area contributed by atoms with E-state index in [1.807, 2.05) is 54.6 Å². The van der Waals surface area contributed by atoms with Crippen molar-refractivity contribution in [3.63, 3.8) is 0 Å². The third-order valence-electron chi connectivity index (χ3n) is 4.85. The van der Waals surface area contributed by atoms with E-state index in [2.05, 4.69) is 46.7 Å². The van der Waals surface area contributed by atoms with Gasteiger partial charge in [0.2, 0.25) is 0 Å². The number of rotatable bonds is 8. The molecule has 2 N–H and O–H groups in total. The Morgan fingerprint density at radius 3 is 2.65 bits per heavy atom. The van der Waals surface area contributed by atoms with E-state index in [4.69, 9.17) is 0 Å². The van der Waals surface area contributed by atoms with E-state index in [-0.39, 0.29) is 5.91 Å². The van der Waals surface area contributed by atoms with E-state index in [0.29, 0.717) is 18.7 Å². The Labute approximate surface area is 190 Å². The second kappa shape index (κ2) is 9.81. The molecule has 0 aliphatic carbocycles. The van der Waals surface area contributed by atoms with Crippen LogP contribution in [-0.2, 0) is 0 Å². The van der Waals surface area contributed by atoms with Crippen LogP contribution in [0.4, 0.5) is 5.82 Å². The molecule has 156 valence electrons. The summed E-state index contributed by atoms with van der Waals surface area (Å²) in [6.07, 6.45) is 0. The summed E-state index contributed by atoms with van der Waals surface area (Å²) < 4.78 is 5.60. The lowest BCUT2D eigenvalue weighted by molar-refractivity contribution is 0.0955. The zero-order chi connectivity index (χ0) is 21.6. The van der Waals surface area contributed by atoms with Crippen molar-refractivity contribution in [1.29, 1.82) is 0 Å². The average molecular weight is 446 g/mol. The van der Waals surface area contributed by atoms with Gasteiger partial charge < -0.3 is 10.6 Å². The summed E-state index contributed by atoms with van der Waals surface area (Å²) in [5.41, 5.74) is 2.79. The van der Waals surface area contributed by atoms with Crippen LogP contribution in [-0.4, -0.2) is 23.4 Å². The van der Waals surface area contributed by atoms with Gasteiger partial charge in [0.15, 0.2) is 0 Å². The van der Waals surface area contributed by atoms with Gasteiger partial charge in [0.05, 0.1) is 4.70 Å². The molecule has 31 heavy (non-hydrogen) atoms. The number of carbonyl (C=O) groups is 1. The van der Waals surface area contributed by atoms with E-state index in [1.54, 1.807) is 11.8 Å². The first-order valence-corrected chi connectivity index (χ1v) is 11.6. The normalized spacial score (nSPS) is 10.7. The summed E-state index contributed by atoms with van der Waals surface area (Å²) in [5, 5.41) is 7.38. The highest BCUT2D eigenvalue weighted by molar-refractivity contribution is 8.08. The molecule has 0 atom stereocenters. The van der Waals surface area contributed by atoms with Crippen molar-refractivity contribution in [2.24, 2.45) is 0 Å². The lowest BCUT2D eigenvalue weighted by Gasteiger charge is -2.10. The average Bonchev–Trinajstić information content (AvgIpc) is 3.21. The largest absolute Gasteiger partial charge is 0.367 e. The Kier molecular flexibility index (Phi) is 6.70. The summed E-state index contributed by atoms with van der Waals surface area (Å²) >= 11 is 3.09. The zero-order valence-electron chi connectivity index (χ0n) is 17.2. The lowest BCUT2D eigenvalue weighted by Crippen LogP contribution is -2.28. The lowest BCUT2D eigenvalue weighted by atomic mass is 10.1. The Morgan fingerprint density at radius 1 is 1.00 bits per heavy atom. The number of anilines is 1. The third kappa shape index (κ3) is 5.16. The smallest absolute Gasteiger partial charge is 0.251 e. The molecule has 0 spiro atoms. The number of hydrogen-bond donors (Lipinski definition) is 2. The van der Waals surface area contributed by atoms with Gasteiger partial charge in [0, 0.05) is 33.8 Å². The molecule has 4 rings (SSSR count). The number of carbonyl (C=O) groups excluding carboxylic acids is 1. The maximum Gasteiger partial charge on any atom is 0.251 e. The summed E-state index contributed by atoms with van der Waals surface area (Å²) in [5.74, 6) is 0.766. The topological polar surface area (TPSA) is 54.0 Å². The highest BCUT2D eigenvalue weighted by atomic mass is 32.2. The molecule has 1 aromatic heterocycles. The monoisotopic (exact) mass is 445 g/mol. The molecule has 0 fully saturated rings. The van der Waals surface area contributed by atoms with E-state index in [0.717, 1.165) is 26.4 Å². The summed E-state index contributed by atoms with van der Waals surface area (Å²) in [4.78, 5) is 14.7. The van der Waals surface area contributed by atoms with E-state index >= 15 is 0 Å². The fourth-order valence-corrected chi connectivity index (χ4v) is 4.81. The number of aromatic nitrogens is 1. The molecular formula is C25H23N3OS2. The van der Waals surface area contributed by atoms with Crippen LogP contribution >= 0.6 is 23.3 Å². The van der Waals surface area contributed by atoms with Crippen LogP contribution in [0.5, 0.6) is 0 Å². The SMILES string of the molecule is C=C(Sc1ccccc1C)c1cccc(C(=O)NCCNc2nsc3ccccc23)c1. The van der Waals surface area contributed by atoms with Crippen molar-refractivity contribution >= 4 is 50.0 Å². The van der Waals surface area contributed by atoms with Crippen LogP contribution in [0.2, 0.25) is 0 Å². The van der Waals surface area contributed by atoms with Crippen molar-refractivity contribution in [3.05, 3.63) is 96.1 Å². The molecule has 0 aliphatic heterocycles. The van der Waals surface area contributed by atoms with Crippen LogP contribution in [0, 0.1) is 6.92 Å². The minimum Gasteiger partial charge on any atom is -0.367 e. The Morgan fingerprint density at radius 2 is 1.77 bits per heavy atom. The van der Waals surface area contributed by atoms with Crippen LogP contribution in [0.1, 0.15) is 21.5 Å². The molecule has 0 saturated heterocycles. The van der Waals surface area contributed by atoms with Crippen LogP contribution in [0.3, 0.4) is 0 Å². The minimum absolute atomic E-state index is 0.0968. The quantitative estimate of drug-likeness (QED) is 0.250. The minimum atomic E-state index is -0.0968. The first-order chi connectivity index (χ1) is 15.1. The van der Waals surface area contributed by atoms with Crippen molar-refractivity contribution in [3.8, 4) is 0 Å². The van der Waals surface area contributed by atoms with Crippen molar-refractivity contribution < 1.29 is 4.79 Å². The number of aryl methyl sites for hydroxylation is 1. The first-order valence-electron chi connectivity index (χ1n) is 10.0. The van der Waals surface area contributed by atoms with Crippen molar-refractivity contribution in [1.82, 2.24) is 9.69 Å². The maximum atomic E-state index is 12.6. The molecule has 1 amide bonds. The molecule has 0 radical (unpaired) electrons. The highest BCUT2D eigenvalue weighted by Crippen LogP contribution is 2.34. The van der Waals surface area contributed by atoms with Gasteiger partial charge >= 0.3 is 0 Å².